The van der Waals surface area contributed by atoms with Crippen LogP contribution in [0.3, 0.4) is 0 Å². The summed E-state index contributed by atoms with van der Waals surface area (Å²) in [5, 5.41) is 79.1. The Labute approximate surface area is 351 Å². The van der Waals surface area contributed by atoms with Crippen LogP contribution in [0.1, 0.15) is 48.9 Å². The van der Waals surface area contributed by atoms with E-state index in [1.54, 1.807) is 18.2 Å². The van der Waals surface area contributed by atoms with Gasteiger partial charge in [0.1, 0.15) is 18.0 Å². The van der Waals surface area contributed by atoms with Gasteiger partial charge in [0, 0.05) is 23.3 Å². The molecule has 5 fully saturated rings. The minimum absolute atomic E-state index is 0.0528. The van der Waals surface area contributed by atoms with Gasteiger partial charge in [-0.1, -0.05) is 60.7 Å². The van der Waals surface area contributed by atoms with Crippen LogP contribution in [0.5, 0.6) is 11.5 Å². The Hall–Kier alpha value is -4.63. The lowest BCUT2D eigenvalue weighted by molar-refractivity contribution is -0.350. The van der Waals surface area contributed by atoms with Gasteiger partial charge in [0.2, 0.25) is 5.79 Å². The zero-order chi connectivity index (χ0) is 41.8. The van der Waals surface area contributed by atoms with E-state index in [4.69, 9.17) is 14.2 Å². The number of ether oxygens (including phenoxy) is 3. The highest BCUT2D eigenvalue weighted by Crippen LogP contribution is 2.76. The van der Waals surface area contributed by atoms with Crippen molar-refractivity contribution in [3.8, 4) is 11.5 Å². The first kappa shape index (κ1) is 38.1. The minimum Gasteiger partial charge on any atom is -0.508 e. The summed E-state index contributed by atoms with van der Waals surface area (Å²) >= 11 is 0. The van der Waals surface area contributed by atoms with E-state index >= 15 is 0 Å². The number of hydrogen-bond donors (Lipinski definition) is 8. The van der Waals surface area contributed by atoms with E-state index in [1.165, 1.54) is 6.08 Å². The van der Waals surface area contributed by atoms with Gasteiger partial charge in [0.25, 0.3) is 0 Å². The molecule has 2 saturated heterocycles. The number of carbonyl (C=O) groups is 1. The third-order valence-corrected chi connectivity index (χ3v) is 16.7. The number of fused-ring (bicyclic) bond motifs is 8. The SMILES string of the molecule is CNCC1CC2C3C=CC(O)C4(O)OC(C(=O)Oc5c(CO)[nH]c6ccc7cc8ccccc8cc7c56)C(OC2C2(CCC5CCC6C=Cc7cc(O)ccc7C652)C1O)C34O. The molecule has 12 heteroatoms. The Morgan fingerprint density at radius 3 is 2.57 bits per heavy atom. The van der Waals surface area contributed by atoms with Crippen molar-refractivity contribution in [1.82, 2.24) is 10.3 Å². The molecule has 3 saturated carbocycles. The Bertz CT molecular complexity index is 2730. The topological polar surface area (TPSA) is 194 Å². The van der Waals surface area contributed by atoms with E-state index in [2.05, 4.69) is 28.5 Å². The summed E-state index contributed by atoms with van der Waals surface area (Å²) in [6, 6.07) is 21.4. The van der Waals surface area contributed by atoms with Gasteiger partial charge in [-0.15, -0.1) is 0 Å². The van der Waals surface area contributed by atoms with E-state index in [0.29, 0.717) is 30.3 Å². The molecule has 4 aromatic carbocycles. The second-order valence-electron chi connectivity index (χ2n) is 18.9. The molecule has 0 amide bonds. The molecule has 0 bridgehead atoms. The summed E-state index contributed by atoms with van der Waals surface area (Å²) in [5.74, 6) is -4.72. The molecule has 7 aliphatic rings. The highest BCUT2D eigenvalue weighted by Gasteiger charge is 2.82. The molecule has 14 atom stereocenters. The first-order chi connectivity index (χ1) is 29.5. The standard InChI is InChI=1S/C49H50N2O10/c1-50-22-28-21-33-35-13-15-38(54)49(58)48(35,57)44(60-43(33)46(42(28)55)17-16-30-10-9-29-8-6-27-19-31(53)11-12-34(27)47(29,30)46)41(61-49)45(56)59-40-37(23-52)51-36-14-7-26-18-24-4-2-3-5-25(24)20-32(26)39(36)40/h2-8,11-15,18-20,28-30,33,35,38,41-44,50-55,57-58H,9-10,16-17,21-23H2,1H3. The smallest absolute Gasteiger partial charge is 0.343 e. The normalized spacial score (nSPS) is 40.3. The Morgan fingerprint density at radius 1 is 0.951 bits per heavy atom. The molecule has 5 aromatic rings. The van der Waals surface area contributed by atoms with Crippen molar-refractivity contribution in [3.05, 3.63) is 102 Å². The molecule has 5 aliphatic carbocycles. The highest BCUT2D eigenvalue weighted by atomic mass is 16.7. The number of carbonyl (C=O) groups excluding carboxylic acids is 1. The number of phenolic OH excluding ortho intramolecular Hbond substituents is 1. The summed E-state index contributed by atoms with van der Waals surface area (Å²) in [5.41, 5.74) is -0.986. The van der Waals surface area contributed by atoms with Crippen molar-refractivity contribution in [1.29, 1.82) is 0 Å². The van der Waals surface area contributed by atoms with Crippen molar-refractivity contribution >= 4 is 44.5 Å². The number of H-pyrrole nitrogens is 1. The van der Waals surface area contributed by atoms with Crippen LogP contribution in [-0.2, 0) is 26.3 Å². The number of phenols is 1. The number of benzene rings is 4. The number of aromatic hydroxyl groups is 1. The molecule has 3 heterocycles. The van der Waals surface area contributed by atoms with Crippen molar-refractivity contribution in [2.45, 2.75) is 86.0 Å². The summed E-state index contributed by atoms with van der Waals surface area (Å²) < 4.78 is 19.9. The van der Waals surface area contributed by atoms with Gasteiger partial charge in [0.15, 0.2) is 17.5 Å². The summed E-state index contributed by atoms with van der Waals surface area (Å²) in [4.78, 5) is 18.2. The van der Waals surface area contributed by atoms with E-state index in [-0.39, 0.29) is 34.9 Å². The van der Waals surface area contributed by atoms with Crippen LogP contribution >= 0.6 is 0 Å². The van der Waals surface area contributed by atoms with Crippen LogP contribution in [0, 0.1) is 35.0 Å². The molecule has 1 aromatic heterocycles. The average Bonchev–Trinajstić information content (AvgIpc) is 3.98. The molecule has 2 spiro atoms. The van der Waals surface area contributed by atoms with Gasteiger partial charge < -0.3 is 55.2 Å². The van der Waals surface area contributed by atoms with Gasteiger partial charge >= 0.3 is 5.97 Å². The van der Waals surface area contributed by atoms with Crippen molar-refractivity contribution in [2.75, 3.05) is 13.6 Å². The largest absolute Gasteiger partial charge is 0.508 e. The van der Waals surface area contributed by atoms with Crippen LogP contribution in [0.4, 0.5) is 0 Å². The van der Waals surface area contributed by atoms with Crippen LogP contribution in [0.25, 0.3) is 38.5 Å². The Balaban J connectivity index is 1.01. The number of esters is 1. The molecule has 12 rings (SSSR count). The van der Waals surface area contributed by atoms with Crippen molar-refractivity contribution in [2.24, 2.45) is 35.0 Å². The van der Waals surface area contributed by atoms with E-state index < -0.39 is 77.1 Å². The minimum atomic E-state index is -2.65. The third-order valence-electron chi connectivity index (χ3n) is 16.7. The quantitative estimate of drug-likeness (QED) is 0.0696. The Morgan fingerprint density at radius 2 is 1.77 bits per heavy atom. The average molecular weight is 827 g/mol. The van der Waals surface area contributed by atoms with Crippen LogP contribution in [0.2, 0.25) is 0 Å². The molecule has 14 unspecified atom stereocenters. The van der Waals surface area contributed by atoms with Gasteiger partial charge in [-0.2, -0.15) is 0 Å². The second kappa shape index (κ2) is 13.0. The molecule has 12 nitrogen and oxygen atoms in total. The lowest BCUT2D eigenvalue weighted by atomic mass is 9.43. The molecule has 61 heavy (non-hydrogen) atoms. The zero-order valence-electron chi connectivity index (χ0n) is 33.7. The molecule has 2 aliphatic heterocycles. The molecular formula is C49H50N2O10. The number of hydrogen-bond acceptors (Lipinski definition) is 11. The van der Waals surface area contributed by atoms with Crippen LogP contribution < -0.4 is 10.1 Å². The molecule has 0 radical (unpaired) electrons. The van der Waals surface area contributed by atoms with Crippen LogP contribution in [0.15, 0.2) is 85.0 Å². The first-order valence-electron chi connectivity index (χ1n) is 21.8. The van der Waals surface area contributed by atoms with Gasteiger partial charge in [-0.25, -0.2) is 4.79 Å². The van der Waals surface area contributed by atoms with Crippen molar-refractivity contribution < 1.29 is 49.6 Å². The number of aromatic amines is 1. The van der Waals surface area contributed by atoms with E-state index in [9.17, 15) is 35.4 Å². The van der Waals surface area contributed by atoms with Gasteiger partial charge in [0.05, 0.1) is 35.4 Å². The number of rotatable bonds is 5. The number of allylic oxidation sites excluding steroid dienone is 1. The van der Waals surface area contributed by atoms with E-state index in [0.717, 1.165) is 51.9 Å². The predicted octanol–water partition coefficient (Wildman–Crippen LogP) is 4.70. The van der Waals surface area contributed by atoms with E-state index in [1.807, 2.05) is 55.6 Å². The summed E-state index contributed by atoms with van der Waals surface area (Å²) in [6.07, 6.45) is 4.67. The number of aliphatic hydroxyl groups is 5. The fourth-order valence-electron chi connectivity index (χ4n) is 14.5. The highest BCUT2D eigenvalue weighted by molar-refractivity contribution is 6.14. The fraction of sp³-hybridized carbons (Fsp3) is 0.449. The maximum Gasteiger partial charge on any atom is 0.343 e. The molecule has 316 valence electrons. The van der Waals surface area contributed by atoms with Crippen LogP contribution in [-0.4, -0.2) is 97.1 Å². The lowest BCUT2D eigenvalue weighted by Gasteiger charge is -2.66. The number of aliphatic hydroxyl groups excluding tert-OH is 3. The number of aromatic nitrogens is 1. The maximum atomic E-state index is 14.9. The second-order valence-corrected chi connectivity index (χ2v) is 18.9. The zero-order valence-corrected chi connectivity index (χ0v) is 33.7. The Kier molecular flexibility index (Phi) is 8.09. The number of nitrogens with one attached hydrogen (secondary N) is 2. The predicted molar refractivity (Wildman–Crippen MR) is 225 cm³/mol. The lowest BCUT2D eigenvalue weighted by Crippen LogP contribution is -2.77. The first-order valence-corrected chi connectivity index (χ1v) is 21.8. The molecule has 8 N–H and O–H groups in total. The fourth-order valence-corrected chi connectivity index (χ4v) is 14.5. The molecular weight excluding hydrogens is 777 g/mol. The third kappa shape index (κ3) is 4.59. The van der Waals surface area contributed by atoms with Gasteiger partial charge in [-0.3, -0.25) is 0 Å². The summed E-state index contributed by atoms with van der Waals surface area (Å²) in [7, 11) is 1.86. The maximum absolute atomic E-state index is 14.9. The van der Waals surface area contributed by atoms with Crippen molar-refractivity contribution in [3.63, 3.8) is 0 Å². The monoisotopic (exact) mass is 826 g/mol. The van der Waals surface area contributed by atoms with Gasteiger partial charge in [-0.05, 0) is 126 Å². The summed E-state index contributed by atoms with van der Waals surface area (Å²) in [6.45, 7) is 0.0151.